The van der Waals surface area contributed by atoms with E-state index in [1.54, 1.807) is 0 Å². The Hall–Kier alpha value is -0.450. The van der Waals surface area contributed by atoms with Crippen LogP contribution in [-0.4, -0.2) is 32.5 Å². The van der Waals surface area contributed by atoms with Gasteiger partial charge in [-0.3, -0.25) is 4.79 Å². The van der Waals surface area contributed by atoms with Crippen molar-refractivity contribution in [2.75, 3.05) is 0 Å². The van der Waals surface area contributed by atoms with Gasteiger partial charge in [0.1, 0.15) is 5.60 Å². The average Bonchev–Trinajstić information content (AvgIpc) is 1.84. The van der Waals surface area contributed by atoms with Crippen molar-refractivity contribution in [2.45, 2.75) is 37.6 Å². The lowest BCUT2D eigenvalue weighted by Crippen LogP contribution is -2.60. The summed E-state index contributed by atoms with van der Waals surface area (Å²) in [7, 11) is 0. The molecule has 1 atom stereocenters. The van der Waals surface area contributed by atoms with Crippen LogP contribution in [0.1, 0.15) is 26.2 Å². The Balaban J connectivity index is 2.91. The van der Waals surface area contributed by atoms with E-state index in [1.807, 2.05) is 0 Å². The van der Waals surface area contributed by atoms with Gasteiger partial charge in [0.15, 0.2) is 5.78 Å². The van der Waals surface area contributed by atoms with Gasteiger partial charge in [-0.25, -0.2) is 0 Å². The lowest BCUT2D eigenvalue weighted by atomic mass is 9.80. The van der Waals surface area contributed by atoms with E-state index in [2.05, 4.69) is 0 Å². The first-order chi connectivity index (χ1) is 4.88. The van der Waals surface area contributed by atoms with Crippen molar-refractivity contribution >= 4 is 5.78 Å². The molecule has 1 fully saturated rings. The minimum absolute atomic E-state index is 0.128. The van der Waals surface area contributed by atoms with Crippen LogP contribution in [0.4, 0.5) is 0 Å². The van der Waals surface area contributed by atoms with Crippen LogP contribution in [0, 0.1) is 0 Å². The highest BCUT2D eigenvalue weighted by atomic mass is 16.5. The van der Waals surface area contributed by atoms with Crippen molar-refractivity contribution in [1.29, 1.82) is 0 Å². The second-order valence-corrected chi connectivity index (χ2v) is 3.22. The molecule has 1 aliphatic carbocycles. The maximum atomic E-state index is 10.9. The van der Waals surface area contributed by atoms with Gasteiger partial charge < -0.3 is 15.3 Å². The van der Waals surface area contributed by atoms with Crippen LogP contribution in [0.5, 0.6) is 0 Å². The van der Waals surface area contributed by atoms with Crippen LogP contribution in [0.3, 0.4) is 0 Å². The number of carbonyl (C=O) groups excluding carboxylic acids is 1. The lowest BCUT2D eigenvalue weighted by molar-refractivity contribution is -0.262. The molecule has 0 aromatic carbocycles. The van der Waals surface area contributed by atoms with E-state index in [-0.39, 0.29) is 12.8 Å². The van der Waals surface area contributed by atoms with Crippen LogP contribution >= 0.6 is 0 Å². The Kier molecular flexibility index (Phi) is 1.78. The third-order valence-corrected chi connectivity index (χ3v) is 2.21. The molecule has 3 N–H and O–H groups in total. The van der Waals surface area contributed by atoms with Gasteiger partial charge in [-0.1, -0.05) is 0 Å². The monoisotopic (exact) mass is 160 g/mol. The van der Waals surface area contributed by atoms with Gasteiger partial charge in [0, 0.05) is 6.42 Å². The molecule has 11 heavy (non-hydrogen) atoms. The molecule has 0 aromatic rings. The number of Topliss-reactive ketones (excluding diaryl/α,β-unsaturated/α-hetero) is 1. The van der Waals surface area contributed by atoms with Crippen molar-refractivity contribution in [3.05, 3.63) is 0 Å². The highest BCUT2D eigenvalue weighted by Gasteiger charge is 2.52. The van der Waals surface area contributed by atoms with Gasteiger partial charge >= 0.3 is 0 Å². The molecule has 0 saturated heterocycles. The van der Waals surface area contributed by atoms with Gasteiger partial charge in [0.25, 0.3) is 5.79 Å². The first-order valence-electron chi connectivity index (χ1n) is 3.58. The first-order valence-corrected chi connectivity index (χ1v) is 3.58. The van der Waals surface area contributed by atoms with E-state index >= 15 is 0 Å². The molecule has 0 spiro atoms. The molecule has 0 heterocycles. The van der Waals surface area contributed by atoms with Gasteiger partial charge in [-0.15, -0.1) is 0 Å². The third kappa shape index (κ3) is 1.17. The summed E-state index contributed by atoms with van der Waals surface area (Å²) in [5.74, 6) is -3.25. The molecule has 0 aliphatic heterocycles. The summed E-state index contributed by atoms with van der Waals surface area (Å²) in [5, 5.41) is 27.6. The average molecular weight is 160 g/mol. The molecular formula is C7H12O4. The Bertz CT molecular complexity index is 183. The van der Waals surface area contributed by atoms with E-state index < -0.39 is 17.2 Å². The SMILES string of the molecule is CC1(O)CCCC(=O)C1(O)O. The number of aliphatic hydroxyl groups is 3. The Morgan fingerprint density at radius 2 is 1.91 bits per heavy atom. The Morgan fingerprint density at radius 3 is 2.27 bits per heavy atom. The topological polar surface area (TPSA) is 77.8 Å². The molecule has 0 radical (unpaired) electrons. The predicted octanol–water partition coefficient (Wildman–Crippen LogP) is -0.829. The minimum Gasteiger partial charge on any atom is -0.384 e. The van der Waals surface area contributed by atoms with Crippen LogP contribution in [0.25, 0.3) is 0 Å². The lowest BCUT2D eigenvalue weighted by Gasteiger charge is -2.38. The van der Waals surface area contributed by atoms with Crippen molar-refractivity contribution in [2.24, 2.45) is 0 Å². The first kappa shape index (κ1) is 8.64. The van der Waals surface area contributed by atoms with E-state index in [1.165, 1.54) is 6.92 Å². The van der Waals surface area contributed by atoms with Crippen molar-refractivity contribution in [3.8, 4) is 0 Å². The normalized spacial score (nSPS) is 37.3. The Morgan fingerprint density at radius 1 is 1.36 bits per heavy atom. The fourth-order valence-corrected chi connectivity index (χ4v) is 1.24. The second-order valence-electron chi connectivity index (χ2n) is 3.22. The quantitative estimate of drug-likeness (QED) is 0.404. The van der Waals surface area contributed by atoms with Crippen molar-refractivity contribution in [1.82, 2.24) is 0 Å². The molecule has 4 nitrogen and oxygen atoms in total. The number of ketones is 1. The molecule has 1 saturated carbocycles. The highest BCUT2D eigenvalue weighted by molar-refractivity contribution is 5.87. The smallest absolute Gasteiger partial charge is 0.253 e. The zero-order valence-corrected chi connectivity index (χ0v) is 6.37. The molecule has 1 aliphatic rings. The van der Waals surface area contributed by atoms with Crippen molar-refractivity contribution < 1.29 is 20.1 Å². The van der Waals surface area contributed by atoms with Crippen LogP contribution < -0.4 is 0 Å². The maximum Gasteiger partial charge on any atom is 0.253 e. The number of hydrogen-bond donors (Lipinski definition) is 3. The maximum absolute atomic E-state index is 10.9. The largest absolute Gasteiger partial charge is 0.384 e. The molecule has 1 rings (SSSR count). The summed E-state index contributed by atoms with van der Waals surface area (Å²) in [6, 6.07) is 0. The van der Waals surface area contributed by atoms with Gasteiger partial charge in [0.2, 0.25) is 0 Å². The van der Waals surface area contributed by atoms with E-state index in [4.69, 9.17) is 10.2 Å². The van der Waals surface area contributed by atoms with E-state index in [0.29, 0.717) is 6.42 Å². The predicted molar refractivity (Wildman–Crippen MR) is 36.7 cm³/mol. The van der Waals surface area contributed by atoms with Crippen LogP contribution in [0.2, 0.25) is 0 Å². The third-order valence-electron chi connectivity index (χ3n) is 2.21. The number of rotatable bonds is 0. The molecular weight excluding hydrogens is 148 g/mol. The summed E-state index contributed by atoms with van der Waals surface area (Å²) in [5.41, 5.74) is -1.69. The molecule has 1 unspecified atom stereocenters. The van der Waals surface area contributed by atoms with E-state index in [0.717, 1.165) is 0 Å². The fourth-order valence-electron chi connectivity index (χ4n) is 1.24. The summed E-state index contributed by atoms with van der Waals surface area (Å²) in [6.07, 6.45) is 0.879. The molecule has 64 valence electrons. The standard InChI is InChI=1S/C7H12O4/c1-6(9)4-2-3-5(8)7(6,10)11/h9-11H,2-4H2,1H3. The van der Waals surface area contributed by atoms with Gasteiger partial charge in [0.05, 0.1) is 0 Å². The summed E-state index contributed by atoms with van der Waals surface area (Å²) in [6.45, 7) is 1.25. The summed E-state index contributed by atoms with van der Waals surface area (Å²) in [4.78, 5) is 10.9. The highest BCUT2D eigenvalue weighted by Crippen LogP contribution is 2.32. The second kappa shape index (κ2) is 2.27. The summed E-state index contributed by atoms with van der Waals surface area (Å²) < 4.78 is 0. The molecule has 0 aromatic heterocycles. The minimum atomic E-state index is -2.55. The van der Waals surface area contributed by atoms with Gasteiger partial charge in [-0.2, -0.15) is 0 Å². The fraction of sp³-hybridized carbons (Fsp3) is 0.857. The van der Waals surface area contributed by atoms with Crippen LogP contribution in [-0.2, 0) is 4.79 Å². The van der Waals surface area contributed by atoms with Gasteiger partial charge in [-0.05, 0) is 19.8 Å². The molecule has 4 heteroatoms. The Labute approximate surface area is 64.5 Å². The van der Waals surface area contributed by atoms with Crippen LogP contribution in [0.15, 0.2) is 0 Å². The van der Waals surface area contributed by atoms with E-state index in [9.17, 15) is 9.90 Å². The zero-order valence-electron chi connectivity index (χ0n) is 6.37. The molecule has 0 bridgehead atoms. The number of carbonyl (C=O) groups is 1. The molecule has 0 amide bonds. The summed E-state index contributed by atoms with van der Waals surface area (Å²) >= 11 is 0. The van der Waals surface area contributed by atoms with Crippen molar-refractivity contribution in [3.63, 3.8) is 0 Å². The zero-order chi connectivity index (χ0) is 8.70. The number of hydrogen-bond acceptors (Lipinski definition) is 4.